The minimum Gasteiger partial charge on any atom is -0.497 e. The average molecular weight is 415 g/mol. The van der Waals surface area contributed by atoms with E-state index in [0.29, 0.717) is 5.92 Å². The Labute approximate surface area is 166 Å². The molecule has 0 amide bonds. The highest BCUT2D eigenvalue weighted by Crippen LogP contribution is 2.19. The number of alkyl halides is 3. The third-order valence-electron chi connectivity index (χ3n) is 4.35. The minimum atomic E-state index is -5.08. The first kappa shape index (κ1) is 22.7. The zero-order valence-corrected chi connectivity index (χ0v) is 16.2. The summed E-state index contributed by atoms with van der Waals surface area (Å²) in [4.78, 5) is 11.4. The molecule has 7 nitrogen and oxygen atoms in total. The lowest BCUT2D eigenvalue weighted by atomic mass is 10.1. The molecule has 1 unspecified atom stereocenters. The van der Waals surface area contributed by atoms with Crippen LogP contribution in [0.3, 0.4) is 0 Å². The van der Waals surface area contributed by atoms with E-state index < -0.39 is 12.1 Å². The summed E-state index contributed by atoms with van der Waals surface area (Å²) in [6.45, 7) is 4.55. The largest absolute Gasteiger partial charge is 0.497 e. The number of methoxy groups -OCH3 is 2. The van der Waals surface area contributed by atoms with Gasteiger partial charge in [0.05, 0.1) is 19.4 Å². The van der Waals surface area contributed by atoms with Crippen LogP contribution < -0.4 is 4.74 Å². The van der Waals surface area contributed by atoms with Crippen LogP contribution in [0.1, 0.15) is 11.3 Å². The average Bonchev–Trinajstić information content (AvgIpc) is 3.02. The maximum absolute atomic E-state index is 10.6. The Morgan fingerprint density at radius 1 is 1.21 bits per heavy atom. The molecule has 1 aliphatic rings. The van der Waals surface area contributed by atoms with Gasteiger partial charge < -0.3 is 14.6 Å². The molecule has 1 aromatic carbocycles. The molecule has 0 spiro atoms. The van der Waals surface area contributed by atoms with Crippen molar-refractivity contribution in [3.63, 3.8) is 0 Å². The van der Waals surface area contributed by atoms with Gasteiger partial charge in [-0.2, -0.15) is 18.3 Å². The lowest BCUT2D eigenvalue weighted by Gasteiger charge is -2.23. The van der Waals surface area contributed by atoms with Crippen molar-refractivity contribution >= 4 is 5.97 Å². The maximum atomic E-state index is 10.6. The second kappa shape index (κ2) is 10.3. The van der Waals surface area contributed by atoms with Gasteiger partial charge in [-0.15, -0.1) is 0 Å². The van der Waals surface area contributed by atoms with E-state index in [1.54, 1.807) is 14.2 Å². The minimum absolute atomic E-state index is 0.462. The van der Waals surface area contributed by atoms with Crippen molar-refractivity contribution in [1.29, 1.82) is 0 Å². The van der Waals surface area contributed by atoms with Gasteiger partial charge in [0, 0.05) is 45.4 Å². The van der Waals surface area contributed by atoms with Crippen LogP contribution in [-0.4, -0.2) is 59.3 Å². The molecule has 10 heteroatoms. The molecule has 160 valence electrons. The Bertz CT molecular complexity index is 778. The van der Waals surface area contributed by atoms with Crippen LogP contribution in [0.2, 0.25) is 0 Å². The zero-order chi connectivity index (χ0) is 21.4. The molecule has 0 saturated carbocycles. The molecule has 0 fully saturated rings. The van der Waals surface area contributed by atoms with Crippen LogP contribution in [0.4, 0.5) is 13.2 Å². The van der Waals surface area contributed by atoms with E-state index in [2.05, 4.69) is 32.9 Å². The standard InChI is InChI=1S/C17H23N3O2.C2HF3O2/c1-21-13-15-10-19(12-16-7-8-18-20(16)11-15)9-14-3-5-17(22-2)6-4-14;3-2(4,5)1(6)7/h3-8,15H,9-13H2,1-2H3;(H,6,7). The van der Waals surface area contributed by atoms with Gasteiger partial charge in [-0.1, -0.05) is 12.1 Å². The van der Waals surface area contributed by atoms with Crippen molar-refractivity contribution in [1.82, 2.24) is 14.7 Å². The number of aromatic nitrogens is 2. The summed E-state index contributed by atoms with van der Waals surface area (Å²) in [5, 5.41) is 11.6. The van der Waals surface area contributed by atoms with Gasteiger partial charge in [-0.05, 0) is 23.8 Å². The quantitative estimate of drug-likeness (QED) is 0.809. The van der Waals surface area contributed by atoms with Gasteiger partial charge in [0.15, 0.2) is 0 Å². The number of carboxylic acid groups (broad SMARTS) is 1. The van der Waals surface area contributed by atoms with Crippen molar-refractivity contribution in [2.45, 2.75) is 25.8 Å². The summed E-state index contributed by atoms with van der Waals surface area (Å²) in [5.74, 6) is -1.40. The van der Waals surface area contributed by atoms with E-state index in [1.807, 2.05) is 18.3 Å². The number of hydrogen-bond acceptors (Lipinski definition) is 5. The van der Waals surface area contributed by atoms with E-state index in [-0.39, 0.29) is 0 Å². The van der Waals surface area contributed by atoms with E-state index in [1.165, 1.54) is 11.3 Å². The smallest absolute Gasteiger partial charge is 0.490 e. The first-order chi connectivity index (χ1) is 13.7. The molecule has 1 aliphatic heterocycles. The molecule has 0 radical (unpaired) electrons. The fourth-order valence-corrected chi connectivity index (χ4v) is 3.07. The molecule has 2 heterocycles. The number of aliphatic carboxylic acids is 1. The zero-order valence-electron chi connectivity index (χ0n) is 16.2. The normalized spacial score (nSPS) is 16.9. The van der Waals surface area contributed by atoms with Crippen LogP contribution in [0, 0.1) is 5.92 Å². The Hall–Kier alpha value is -2.59. The van der Waals surface area contributed by atoms with Crippen molar-refractivity contribution in [2.24, 2.45) is 5.92 Å². The Balaban J connectivity index is 0.000000370. The summed E-state index contributed by atoms with van der Waals surface area (Å²) >= 11 is 0. The van der Waals surface area contributed by atoms with Crippen LogP contribution >= 0.6 is 0 Å². The molecule has 1 aromatic heterocycles. The van der Waals surface area contributed by atoms with Crippen molar-refractivity contribution < 1.29 is 32.5 Å². The van der Waals surface area contributed by atoms with Crippen molar-refractivity contribution in [2.75, 3.05) is 27.4 Å². The SMILES string of the molecule is COCC1CN(Cc2ccc(OC)cc2)Cc2ccnn2C1.O=C(O)C(F)(F)F. The number of rotatable bonds is 5. The third kappa shape index (κ3) is 7.06. The van der Waals surface area contributed by atoms with Crippen LogP contribution in [0.5, 0.6) is 5.75 Å². The predicted octanol–water partition coefficient (Wildman–Crippen LogP) is 2.80. The highest BCUT2D eigenvalue weighted by Gasteiger charge is 2.38. The second-order valence-corrected chi connectivity index (χ2v) is 6.65. The number of carboxylic acids is 1. The van der Waals surface area contributed by atoms with Crippen LogP contribution in [-0.2, 0) is 29.2 Å². The van der Waals surface area contributed by atoms with Gasteiger partial charge in [0.25, 0.3) is 0 Å². The van der Waals surface area contributed by atoms with Crippen molar-refractivity contribution in [3.05, 3.63) is 47.8 Å². The van der Waals surface area contributed by atoms with Crippen LogP contribution in [0.25, 0.3) is 0 Å². The summed E-state index contributed by atoms with van der Waals surface area (Å²) < 4.78 is 44.4. The highest BCUT2D eigenvalue weighted by atomic mass is 19.4. The Morgan fingerprint density at radius 2 is 1.86 bits per heavy atom. The summed E-state index contributed by atoms with van der Waals surface area (Å²) in [6.07, 6.45) is -3.20. The molecule has 3 rings (SSSR count). The Morgan fingerprint density at radius 3 is 2.41 bits per heavy atom. The van der Waals surface area contributed by atoms with E-state index in [4.69, 9.17) is 19.4 Å². The molecule has 29 heavy (non-hydrogen) atoms. The lowest BCUT2D eigenvalue weighted by Crippen LogP contribution is -2.29. The Kier molecular flexibility index (Phi) is 8.03. The topological polar surface area (TPSA) is 76.8 Å². The molecular formula is C19H24F3N3O4. The van der Waals surface area contributed by atoms with E-state index >= 15 is 0 Å². The lowest BCUT2D eigenvalue weighted by molar-refractivity contribution is -0.192. The second-order valence-electron chi connectivity index (χ2n) is 6.65. The first-order valence-corrected chi connectivity index (χ1v) is 8.88. The fraction of sp³-hybridized carbons (Fsp3) is 0.474. The number of halogens is 3. The predicted molar refractivity (Wildman–Crippen MR) is 98.4 cm³/mol. The van der Waals surface area contributed by atoms with Gasteiger partial charge in [-0.3, -0.25) is 9.58 Å². The molecule has 2 aromatic rings. The summed E-state index contributed by atoms with van der Waals surface area (Å²) in [6, 6.07) is 10.4. The first-order valence-electron chi connectivity index (χ1n) is 8.88. The third-order valence-corrected chi connectivity index (χ3v) is 4.35. The monoisotopic (exact) mass is 415 g/mol. The summed E-state index contributed by atoms with van der Waals surface area (Å²) in [5.41, 5.74) is 2.57. The van der Waals surface area contributed by atoms with Gasteiger partial charge in [0.1, 0.15) is 5.75 Å². The van der Waals surface area contributed by atoms with Gasteiger partial charge in [0.2, 0.25) is 0 Å². The van der Waals surface area contributed by atoms with Gasteiger partial charge in [-0.25, -0.2) is 4.79 Å². The number of benzene rings is 1. The number of hydrogen-bond donors (Lipinski definition) is 1. The number of ether oxygens (including phenoxy) is 2. The van der Waals surface area contributed by atoms with E-state index in [0.717, 1.165) is 38.5 Å². The molecule has 1 atom stereocenters. The van der Waals surface area contributed by atoms with E-state index in [9.17, 15) is 13.2 Å². The number of nitrogens with zero attached hydrogens (tertiary/aromatic N) is 3. The van der Waals surface area contributed by atoms with Crippen LogP contribution in [0.15, 0.2) is 36.5 Å². The number of carbonyl (C=O) groups is 1. The molecule has 1 N–H and O–H groups in total. The molecule has 0 bridgehead atoms. The number of fused-ring (bicyclic) bond motifs is 1. The molecule has 0 aliphatic carbocycles. The summed E-state index contributed by atoms with van der Waals surface area (Å²) in [7, 11) is 3.46. The molecular weight excluding hydrogens is 391 g/mol. The van der Waals surface area contributed by atoms with Gasteiger partial charge >= 0.3 is 12.1 Å². The highest BCUT2D eigenvalue weighted by molar-refractivity contribution is 5.73. The fourth-order valence-electron chi connectivity index (χ4n) is 3.07. The van der Waals surface area contributed by atoms with Crippen molar-refractivity contribution in [3.8, 4) is 5.75 Å². The maximum Gasteiger partial charge on any atom is 0.490 e. The molecule has 0 saturated heterocycles.